The maximum atomic E-state index is 13.5. The Balaban J connectivity index is 2.62. The van der Waals surface area contributed by atoms with Crippen LogP contribution < -0.4 is 0 Å². The smallest absolute Gasteiger partial charge is 0.258 e. The predicted octanol–water partition coefficient (Wildman–Crippen LogP) is 4.93. The fraction of sp³-hybridized carbons (Fsp3) is 0.250. The minimum absolute atomic E-state index is 0.350. The van der Waals surface area contributed by atoms with E-state index in [0.29, 0.717) is 12.1 Å². The van der Waals surface area contributed by atoms with Gasteiger partial charge >= 0.3 is 12.4 Å². The number of nitro groups is 1. The van der Waals surface area contributed by atoms with E-state index in [1.165, 1.54) is 0 Å². The molecule has 1 atom stereocenters. The van der Waals surface area contributed by atoms with Gasteiger partial charge in [0.1, 0.15) is 4.90 Å². The second kappa shape index (κ2) is 7.63. The largest absolute Gasteiger partial charge is 0.420 e. The normalized spacial score (nSPS) is 13.9. The molecular weight excluding hydrogens is 432 g/mol. The second-order valence-electron chi connectivity index (χ2n) is 5.71. The number of hydrogen-bond acceptors (Lipinski definition) is 5. The van der Waals surface area contributed by atoms with Gasteiger partial charge < -0.3 is 0 Å². The molecule has 158 valence electrons. The Kier molecular flexibility index (Phi) is 5.95. The number of benzene rings is 2. The molecule has 0 saturated carbocycles. The molecular formula is C16H11F6NO5S. The number of nitro benzene ring substituents is 1. The van der Waals surface area contributed by atoms with Crippen LogP contribution in [0.5, 0.6) is 0 Å². The Hall–Kier alpha value is -2.67. The average Bonchev–Trinajstić information content (AvgIpc) is 2.58. The number of halogens is 6. The summed E-state index contributed by atoms with van der Waals surface area (Å²) in [5.41, 5.74) is -4.43. The van der Waals surface area contributed by atoms with E-state index in [1.54, 1.807) is 0 Å². The van der Waals surface area contributed by atoms with Crippen LogP contribution in [0.15, 0.2) is 47.4 Å². The lowest BCUT2D eigenvalue weighted by molar-refractivity contribution is -0.385. The first-order chi connectivity index (χ1) is 13.2. The van der Waals surface area contributed by atoms with Crippen LogP contribution in [-0.4, -0.2) is 19.5 Å². The van der Waals surface area contributed by atoms with E-state index in [4.69, 9.17) is 0 Å². The third kappa shape index (κ3) is 4.85. The summed E-state index contributed by atoms with van der Waals surface area (Å²) in [5, 5.41) is 10.9. The summed E-state index contributed by atoms with van der Waals surface area (Å²) in [6.45, 7) is 0.959. The summed E-state index contributed by atoms with van der Waals surface area (Å²) in [6.07, 6.45) is -14.2. The first-order valence-electron chi connectivity index (χ1n) is 7.56. The number of rotatable bonds is 5. The van der Waals surface area contributed by atoms with E-state index in [1.807, 2.05) is 0 Å². The van der Waals surface area contributed by atoms with Crippen molar-refractivity contribution >= 4 is 15.8 Å². The molecule has 2 rings (SSSR count). The van der Waals surface area contributed by atoms with Gasteiger partial charge in [-0.25, -0.2) is 4.18 Å². The minimum atomic E-state index is -5.54. The quantitative estimate of drug-likeness (QED) is 0.283. The minimum Gasteiger partial charge on any atom is -0.258 e. The van der Waals surface area contributed by atoms with E-state index >= 15 is 0 Å². The van der Waals surface area contributed by atoms with Crippen LogP contribution in [0.2, 0.25) is 0 Å². The van der Waals surface area contributed by atoms with Crippen LogP contribution in [0.4, 0.5) is 32.0 Å². The van der Waals surface area contributed by atoms with Gasteiger partial charge in [-0.3, -0.25) is 10.1 Å². The zero-order chi connectivity index (χ0) is 22.2. The Morgan fingerprint density at radius 3 is 2.10 bits per heavy atom. The molecule has 29 heavy (non-hydrogen) atoms. The van der Waals surface area contributed by atoms with Gasteiger partial charge in [0.05, 0.1) is 10.5 Å². The molecule has 0 N–H and O–H groups in total. The Morgan fingerprint density at radius 2 is 1.59 bits per heavy atom. The van der Waals surface area contributed by atoms with E-state index < -0.39 is 60.8 Å². The summed E-state index contributed by atoms with van der Waals surface area (Å²) in [7, 11) is -5.33. The van der Waals surface area contributed by atoms with Gasteiger partial charge in [0, 0.05) is 17.2 Å². The third-order valence-electron chi connectivity index (χ3n) is 3.79. The van der Waals surface area contributed by atoms with Crippen molar-refractivity contribution < 1.29 is 43.9 Å². The van der Waals surface area contributed by atoms with Crippen LogP contribution in [0, 0.1) is 17.0 Å². The molecule has 0 fully saturated rings. The lowest BCUT2D eigenvalue weighted by Crippen LogP contribution is -2.29. The number of hydrogen-bond donors (Lipinski definition) is 0. The topological polar surface area (TPSA) is 86.5 Å². The second-order valence-corrected chi connectivity index (χ2v) is 7.25. The van der Waals surface area contributed by atoms with E-state index in [2.05, 4.69) is 4.18 Å². The molecule has 0 aliphatic rings. The van der Waals surface area contributed by atoms with Crippen LogP contribution >= 0.6 is 0 Å². The summed E-state index contributed by atoms with van der Waals surface area (Å²) in [4.78, 5) is 8.99. The molecule has 2 aromatic rings. The van der Waals surface area contributed by atoms with Crippen molar-refractivity contribution in [2.75, 3.05) is 0 Å². The Morgan fingerprint density at radius 1 is 1.00 bits per heavy atom. The molecule has 6 nitrogen and oxygen atoms in total. The molecule has 0 aromatic heterocycles. The Bertz CT molecular complexity index is 1030. The summed E-state index contributed by atoms with van der Waals surface area (Å²) in [6, 6.07) is 5.04. The fourth-order valence-corrected chi connectivity index (χ4v) is 3.81. The molecule has 0 bridgehead atoms. The Labute approximate surface area is 160 Å². The maximum absolute atomic E-state index is 13.5. The predicted molar refractivity (Wildman–Crippen MR) is 86.3 cm³/mol. The number of nitrogens with zero attached hydrogens (tertiary/aromatic N) is 1. The summed E-state index contributed by atoms with van der Waals surface area (Å²) in [5.74, 6) is 0. The van der Waals surface area contributed by atoms with Crippen LogP contribution in [0.3, 0.4) is 0 Å². The highest BCUT2D eigenvalue weighted by atomic mass is 32.2. The molecule has 0 aliphatic carbocycles. The van der Waals surface area contributed by atoms with Gasteiger partial charge in [0.25, 0.3) is 15.8 Å². The number of alkyl halides is 6. The summed E-state index contributed by atoms with van der Waals surface area (Å²) < 4.78 is 109. The SMILES string of the molecule is Cc1c([N+](=O)[O-])cccc1S(=O)(=O)O[C@H](c1ccccc1C(F)(F)F)C(F)(F)F. The van der Waals surface area contributed by atoms with Crippen molar-refractivity contribution in [2.24, 2.45) is 0 Å². The van der Waals surface area contributed by atoms with Gasteiger partial charge in [-0.15, -0.1) is 0 Å². The fourth-order valence-electron chi connectivity index (χ4n) is 2.52. The molecule has 0 aliphatic heterocycles. The van der Waals surface area contributed by atoms with Crippen molar-refractivity contribution in [1.29, 1.82) is 0 Å². The first-order valence-corrected chi connectivity index (χ1v) is 8.97. The van der Waals surface area contributed by atoms with E-state index in [0.717, 1.165) is 37.3 Å². The summed E-state index contributed by atoms with van der Waals surface area (Å²) >= 11 is 0. The van der Waals surface area contributed by atoms with Gasteiger partial charge in [0.2, 0.25) is 0 Å². The zero-order valence-electron chi connectivity index (χ0n) is 14.3. The van der Waals surface area contributed by atoms with Crippen molar-refractivity contribution in [3.05, 3.63) is 69.3 Å². The highest BCUT2D eigenvalue weighted by molar-refractivity contribution is 7.86. The highest BCUT2D eigenvalue weighted by Crippen LogP contribution is 2.44. The van der Waals surface area contributed by atoms with Crippen LogP contribution in [0.25, 0.3) is 0 Å². The van der Waals surface area contributed by atoms with Gasteiger partial charge in [-0.05, 0) is 19.1 Å². The molecule has 0 spiro atoms. The van der Waals surface area contributed by atoms with Gasteiger partial charge in [-0.2, -0.15) is 34.8 Å². The lowest BCUT2D eigenvalue weighted by Gasteiger charge is -2.24. The van der Waals surface area contributed by atoms with E-state index in [9.17, 15) is 44.9 Å². The van der Waals surface area contributed by atoms with Crippen LogP contribution in [-0.2, 0) is 20.5 Å². The van der Waals surface area contributed by atoms with Crippen molar-refractivity contribution in [3.63, 3.8) is 0 Å². The monoisotopic (exact) mass is 443 g/mol. The first kappa shape index (κ1) is 22.6. The van der Waals surface area contributed by atoms with Crippen molar-refractivity contribution in [2.45, 2.75) is 30.3 Å². The van der Waals surface area contributed by atoms with Crippen LogP contribution in [0.1, 0.15) is 22.8 Å². The zero-order valence-corrected chi connectivity index (χ0v) is 15.1. The lowest BCUT2D eigenvalue weighted by atomic mass is 10.0. The van der Waals surface area contributed by atoms with E-state index in [-0.39, 0.29) is 0 Å². The highest BCUT2D eigenvalue weighted by Gasteiger charge is 2.49. The third-order valence-corrected chi connectivity index (χ3v) is 5.22. The molecule has 13 heteroatoms. The van der Waals surface area contributed by atoms with Crippen molar-refractivity contribution in [1.82, 2.24) is 0 Å². The molecule has 0 radical (unpaired) electrons. The molecule has 0 unspecified atom stereocenters. The molecule has 2 aromatic carbocycles. The average molecular weight is 443 g/mol. The van der Waals surface area contributed by atoms with Gasteiger partial charge in [-0.1, -0.05) is 24.3 Å². The molecule has 0 saturated heterocycles. The molecule has 0 amide bonds. The standard InChI is InChI=1S/C16H11F6NO5S/c1-9-12(23(24)25)7-4-8-13(9)29(26,27)28-14(16(20,21)22)10-5-2-3-6-11(10)15(17,18)19/h2-8,14H,1H3/t14-/m1/s1. The maximum Gasteiger partial charge on any atom is 0.420 e. The van der Waals surface area contributed by atoms with Crippen molar-refractivity contribution in [3.8, 4) is 0 Å². The van der Waals surface area contributed by atoms with Gasteiger partial charge in [0.15, 0.2) is 6.10 Å². The molecule has 0 heterocycles.